The molecule has 0 bridgehead atoms. The second kappa shape index (κ2) is 7.27. The number of benzene rings is 1. The van der Waals surface area contributed by atoms with E-state index in [4.69, 9.17) is 5.26 Å². The number of hydrogen-bond acceptors (Lipinski definition) is 4. The standard InChI is InChI=1S/C14H16FN3OS/c15-11-1-2-13(10(7-11)8-16)18-14(19)9-20-12-3-5-17-6-4-12/h1-2,7,12,17H,3-6,9H2,(H,18,19). The number of rotatable bonds is 4. The summed E-state index contributed by atoms with van der Waals surface area (Å²) in [6.45, 7) is 1.99. The average molecular weight is 293 g/mol. The van der Waals surface area contributed by atoms with Crippen molar-refractivity contribution in [1.29, 1.82) is 5.26 Å². The Balaban J connectivity index is 1.86. The SMILES string of the molecule is N#Cc1cc(F)ccc1NC(=O)CSC1CCNCC1. The summed E-state index contributed by atoms with van der Waals surface area (Å²) in [6.07, 6.45) is 2.13. The van der Waals surface area contributed by atoms with Gasteiger partial charge in [-0.25, -0.2) is 4.39 Å². The fourth-order valence-corrected chi connectivity index (χ4v) is 3.09. The van der Waals surface area contributed by atoms with Crippen LogP contribution in [0.15, 0.2) is 18.2 Å². The van der Waals surface area contributed by atoms with E-state index in [0.717, 1.165) is 32.0 Å². The minimum absolute atomic E-state index is 0.144. The van der Waals surface area contributed by atoms with Gasteiger partial charge in [0.15, 0.2) is 0 Å². The summed E-state index contributed by atoms with van der Waals surface area (Å²) in [5, 5.41) is 15.4. The molecule has 106 valence electrons. The molecule has 0 saturated carbocycles. The van der Waals surface area contributed by atoms with Gasteiger partial charge in [0.1, 0.15) is 11.9 Å². The normalized spacial score (nSPS) is 15.6. The van der Waals surface area contributed by atoms with Crippen molar-refractivity contribution in [3.05, 3.63) is 29.6 Å². The van der Waals surface area contributed by atoms with Crippen LogP contribution in [0.3, 0.4) is 0 Å². The molecular weight excluding hydrogens is 277 g/mol. The van der Waals surface area contributed by atoms with E-state index >= 15 is 0 Å². The molecule has 0 spiro atoms. The predicted molar refractivity (Wildman–Crippen MR) is 78.1 cm³/mol. The first-order chi connectivity index (χ1) is 9.69. The molecule has 0 atom stereocenters. The van der Waals surface area contributed by atoms with Crippen molar-refractivity contribution in [2.24, 2.45) is 0 Å². The Morgan fingerprint density at radius 1 is 1.50 bits per heavy atom. The number of piperidine rings is 1. The zero-order chi connectivity index (χ0) is 14.4. The Morgan fingerprint density at radius 3 is 2.95 bits per heavy atom. The number of nitrogens with zero attached hydrogens (tertiary/aromatic N) is 1. The summed E-state index contributed by atoms with van der Waals surface area (Å²) in [7, 11) is 0. The lowest BCUT2D eigenvalue weighted by atomic mass is 10.2. The summed E-state index contributed by atoms with van der Waals surface area (Å²) in [5.74, 6) is -0.285. The molecule has 0 aromatic heterocycles. The van der Waals surface area contributed by atoms with E-state index in [1.807, 2.05) is 6.07 Å². The number of anilines is 1. The van der Waals surface area contributed by atoms with Crippen LogP contribution in [0, 0.1) is 17.1 Å². The zero-order valence-corrected chi connectivity index (χ0v) is 11.8. The third-order valence-electron chi connectivity index (χ3n) is 3.11. The van der Waals surface area contributed by atoms with E-state index < -0.39 is 5.82 Å². The Morgan fingerprint density at radius 2 is 2.25 bits per heavy atom. The van der Waals surface area contributed by atoms with E-state index in [1.165, 1.54) is 12.1 Å². The van der Waals surface area contributed by atoms with Gasteiger partial charge in [-0.3, -0.25) is 4.79 Å². The van der Waals surface area contributed by atoms with Crippen LogP contribution in [-0.2, 0) is 4.79 Å². The number of halogens is 1. The molecular formula is C14H16FN3OS. The summed E-state index contributed by atoms with van der Waals surface area (Å²) in [4.78, 5) is 11.9. The zero-order valence-electron chi connectivity index (χ0n) is 11.0. The number of amides is 1. The van der Waals surface area contributed by atoms with Crippen molar-refractivity contribution in [3.63, 3.8) is 0 Å². The lowest BCUT2D eigenvalue weighted by molar-refractivity contribution is -0.113. The van der Waals surface area contributed by atoms with Crippen LogP contribution in [0.1, 0.15) is 18.4 Å². The van der Waals surface area contributed by atoms with Crippen molar-refractivity contribution in [1.82, 2.24) is 5.32 Å². The Hall–Kier alpha value is -1.58. The fourth-order valence-electron chi connectivity index (χ4n) is 2.06. The number of carbonyl (C=O) groups is 1. The molecule has 0 radical (unpaired) electrons. The highest BCUT2D eigenvalue weighted by atomic mass is 32.2. The van der Waals surface area contributed by atoms with Gasteiger partial charge in [-0.2, -0.15) is 5.26 Å². The number of thioether (sulfide) groups is 1. The first kappa shape index (κ1) is 14.8. The first-order valence-corrected chi connectivity index (χ1v) is 7.56. The molecule has 4 nitrogen and oxygen atoms in total. The largest absolute Gasteiger partial charge is 0.324 e. The van der Waals surface area contributed by atoms with Crippen LogP contribution in [0.25, 0.3) is 0 Å². The molecule has 1 heterocycles. The van der Waals surface area contributed by atoms with Crippen molar-refractivity contribution >= 4 is 23.4 Å². The first-order valence-electron chi connectivity index (χ1n) is 6.51. The van der Waals surface area contributed by atoms with Crippen molar-refractivity contribution in [2.75, 3.05) is 24.2 Å². The second-order valence-corrected chi connectivity index (χ2v) is 5.90. The molecule has 1 aliphatic rings. The topological polar surface area (TPSA) is 64.9 Å². The maximum Gasteiger partial charge on any atom is 0.234 e. The van der Waals surface area contributed by atoms with Crippen LogP contribution in [-0.4, -0.2) is 30.0 Å². The molecule has 2 rings (SSSR count). The van der Waals surface area contributed by atoms with Gasteiger partial charge in [-0.15, -0.1) is 11.8 Å². The number of hydrogen-bond donors (Lipinski definition) is 2. The van der Waals surface area contributed by atoms with Crippen LogP contribution in [0.5, 0.6) is 0 Å². The summed E-state index contributed by atoms with van der Waals surface area (Å²) < 4.78 is 13.0. The maximum atomic E-state index is 13.0. The van der Waals surface area contributed by atoms with E-state index in [1.54, 1.807) is 11.8 Å². The van der Waals surface area contributed by atoms with Crippen molar-refractivity contribution in [2.45, 2.75) is 18.1 Å². The van der Waals surface area contributed by atoms with Crippen LogP contribution >= 0.6 is 11.8 Å². The van der Waals surface area contributed by atoms with Crippen LogP contribution in [0.4, 0.5) is 10.1 Å². The van der Waals surface area contributed by atoms with Gasteiger partial charge in [0.2, 0.25) is 5.91 Å². The number of carbonyl (C=O) groups excluding carboxylic acids is 1. The van der Waals surface area contributed by atoms with E-state index in [-0.39, 0.29) is 11.5 Å². The predicted octanol–water partition coefficient (Wildman–Crippen LogP) is 2.12. The summed E-state index contributed by atoms with van der Waals surface area (Å²) in [5.41, 5.74) is 0.509. The molecule has 0 aliphatic carbocycles. The third kappa shape index (κ3) is 4.22. The summed E-state index contributed by atoms with van der Waals surface area (Å²) >= 11 is 1.63. The highest BCUT2D eigenvalue weighted by Gasteiger charge is 2.15. The lowest BCUT2D eigenvalue weighted by Gasteiger charge is -2.21. The molecule has 1 aromatic rings. The smallest absolute Gasteiger partial charge is 0.234 e. The van der Waals surface area contributed by atoms with Crippen LogP contribution < -0.4 is 10.6 Å². The number of nitrogens with one attached hydrogen (secondary N) is 2. The van der Waals surface area contributed by atoms with Crippen molar-refractivity contribution < 1.29 is 9.18 Å². The lowest BCUT2D eigenvalue weighted by Crippen LogP contribution is -2.30. The molecule has 2 N–H and O–H groups in total. The van der Waals surface area contributed by atoms with Crippen molar-refractivity contribution in [3.8, 4) is 6.07 Å². The average Bonchev–Trinajstić information content (AvgIpc) is 2.48. The monoisotopic (exact) mass is 293 g/mol. The second-order valence-electron chi connectivity index (χ2n) is 4.61. The van der Waals surface area contributed by atoms with Gasteiger partial charge in [-0.05, 0) is 44.1 Å². The molecule has 6 heteroatoms. The van der Waals surface area contributed by atoms with E-state index in [2.05, 4.69) is 10.6 Å². The molecule has 0 unspecified atom stereocenters. The highest BCUT2D eigenvalue weighted by molar-refractivity contribution is 8.00. The van der Waals surface area contributed by atoms with Gasteiger partial charge < -0.3 is 10.6 Å². The molecule has 1 aromatic carbocycles. The van der Waals surface area contributed by atoms with E-state index in [0.29, 0.717) is 16.7 Å². The molecule has 20 heavy (non-hydrogen) atoms. The highest BCUT2D eigenvalue weighted by Crippen LogP contribution is 2.21. The molecule has 1 amide bonds. The van der Waals surface area contributed by atoms with Crippen LogP contribution in [0.2, 0.25) is 0 Å². The van der Waals surface area contributed by atoms with Gasteiger partial charge in [-0.1, -0.05) is 0 Å². The van der Waals surface area contributed by atoms with E-state index in [9.17, 15) is 9.18 Å². The Bertz CT molecular complexity index is 524. The molecule has 1 saturated heterocycles. The molecule has 1 aliphatic heterocycles. The minimum Gasteiger partial charge on any atom is -0.324 e. The summed E-state index contributed by atoms with van der Waals surface area (Å²) in [6, 6.07) is 5.65. The van der Waals surface area contributed by atoms with Gasteiger partial charge in [0.25, 0.3) is 0 Å². The number of nitriles is 1. The molecule has 1 fully saturated rings. The third-order valence-corrected chi connectivity index (χ3v) is 4.48. The van der Waals surface area contributed by atoms with Gasteiger partial charge >= 0.3 is 0 Å². The maximum absolute atomic E-state index is 13.0. The Kier molecular flexibility index (Phi) is 5.39. The van der Waals surface area contributed by atoms with Gasteiger partial charge in [0.05, 0.1) is 17.0 Å². The quantitative estimate of drug-likeness (QED) is 0.892. The Labute approximate surface area is 121 Å². The fraction of sp³-hybridized carbons (Fsp3) is 0.429. The minimum atomic E-state index is -0.483. The van der Waals surface area contributed by atoms with Gasteiger partial charge in [0, 0.05) is 5.25 Å².